The molecule has 0 radical (unpaired) electrons. The monoisotopic (exact) mass is 264 g/mol. The van der Waals surface area contributed by atoms with Gasteiger partial charge in [-0.25, -0.2) is 0 Å². The molecule has 0 saturated heterocycles. The number of fused-ring (bicyclic) bond motifs is 5. The van der Waals surface area contributed by atoms with E-state index in [0.29, 0.717) is 6.42 Å². The Morgan fingerprint density at radius 2 is 1.95 bits per heavy atom. The van der Waals surface area contributed by atoms with Crippen molar-refractivity contribution in [3.05, 3.63) is 0 Å². The van der Waals surface area contributed by atoms with Crippen molar-refractivity contribution in [3.8, 4) is 0 Å². The predicted molar refractivity (Wildman–Crippen MR) is 76.8 cm³/mol. The highest BCUT2D eigenvalue weighted by molar-refractivity contribution is 5.75. The number of hydrogen-bond donors (Lipinski definition) is 1. The Morgan fingerprint density at radius 3 is 2.74 bits per heavy atom. The van der Waals surface area contributed by atoms with Crippen molar-refractivity contribution in [2.24, 2.45) is 23.7 Å². The highest BCUT2D eigenvalue weighted by atomic mass is 16.2. The van der Waals surface area contributed by atoms with Crippen LogP contribution in [0.1, 0.15) is 44.9 Å². The van der Waals surface area contributed by atoms with Crippen LogP contribution in [0.3, 0.4) is 0 Å². The molecule has 19 heavy (non-hydrogen) atoms. The van der Waals surface area contributed by atoms with E-state index in [4.69, 9.17) is 0 Å². The second kappa shape index (κ2) is 5.43. The van der Waals surface area contributed by atoms with Crippen LogP contribution in [0.5, 0.6) is 0 Å². The lowest BCUT2D eigenvalue weighted by atomic mass is 9.79. The van der Waals surface area contributed by atoms with Gasteiger partial charge >= 0.3 is 0 Å². The van der Waals surface area contributed by atoms with E-state index in [2.05, 4.69) is 5.32 Å². The molecule has 0 heterocycles. The van der Waals surface area contributed by atoms with Crippen molar-refractivity contribution < 1.29 is 4.79 Å². The van der Waals surface area contributed by atoms with Gasteiger partial charge in [0, 0.05) is 26.6 Å². The fraction of sp³-hybridized carbons (Fsp3) is 0.938. The van der Waals surface area contributed by atoms with Gasteiger partial charge < -0.3 is 10.2 Å². The lowest BCUT2D eigenvalue weighted by Gasteiger charge is -2.32. The Hall–Kier alpha value is -0.570. The molecule has 0 aromatic heterocycles. The summed E-state index contributed by atoms with van der Waals surface area (Å²) in [5, 5.41) is 3.75. The molecule has 0 aromatic carbocycles. The van der Waals surface area contributed by atoms with Gasteiger partial charge in [0.2, 0.25) is 5.91 Å². The van der Waals surface area contributed by atoms with Crippen LogP contribution in [0.15, 0.2) is 0 Å². The van der Waals surface area contributed by atoms with E-state index in [1.807, 2.05) is 14.1 Å². The first kappa shape index (κ1) is 13.4. The third kappa shape index (κ3) is 2.54. The summed E-state index contributed by atoms with van der Waals surface area (Å²) in [6.07, 6.45) is 9.05. The first-order valence-corrected chi connectivity index (χ1v) is 8.10. The molecule has 3 heteroatoms. The van der Waals surface area contributed by atoms with E-state index in [1.165, 1.54) is 32.1 Å². The molecule has 0 spiro atoms. The van der Waals surface area contributed by atoms with E-state index in [-0.39, 0.29) is 5.91 Å². The van der Waals surface area contributed by atoms with Crippen molar-refractivity contribution in [3.63, 3.8) is 0 Å². The average molecular weight is 264 g/mol. The zero-order valence-corrected chi connectivity index (χ0v) is 12.4. The van der Waals surface area contributed by atoms with Crippen molar-refractivity contribution in [1.82, 2.24) is 10.2 Å². The molecule has 1 N–H and O–H groups in total. The van der Waals surface area contributed by atoms with E-state index in [9.17, 15) is 4.79 Å². The van der Waals surface area contributed by atoms with E-state index in [0.717, 1.165) is 42.7 Å². The summed E-state index contributed by atoms with van der Waals surface area (Å²) in [6.45, 7) is 1.02. The highest BCUT2D eigenvalue weighted by Crippen LogP contribution is 2.58. The van der Waals surface area contributed by atoms with E-state index >= 15 is 0 Å². The summed E-state index contributed by atoms with van der Waals surface area (Å²) in [5.74, 6) is 4.36. The van der Waals surface area contributed by atoms with Gasteiger partial charge in [-0.3, -0.25) is 4.79 Å². The molecule has 2 bridgehead atoms. The molecule has 3 fully saturated rings. The average Bonchev–Trinajstić information content (AvgIpc) is 3.05. The Kier molecular flexibility index (Phi) is 3.84. The van der Waals surface area contributed by atoms with Crippen LogP contribution < -0.4 is 5.32 Å². The number of carbonyl (C=O) groups excluding carboxylic acids is 1. The molecule has 3 rings (SSSR count). The number of hydrogen-bond acceptors (Lipinski definition) is 2. The lowest BCUT2D eigenvalue weighted by Crippen LogP contribution is -2.40. The molecule has 5 atom stereocenters. The molecular weight excluding hydrogens is 236 g/mol. The van der Waals surface area contributed by atoms with E-state index < -0.39 is 0 Å². The number of nitrogens with zero attached hydrogens (tertiary/aromatic N) is 1. The van der Waals surface area contributed by atoms with Gasteiger partial charge in [-0.15, -0.1) is 0 Å². The first-order valence-electron chi connectivity index (χ1n) is 8.10. The van der Waals surface area contributed by atoms with Gasteiger partial charge in [-0.2, -0.15) is 0 Å². The van der Waals surface area contributed by atoms with Crippen molar-refractivity contribution >= 4 is 5.91 Å². The first-order chi connectivity index (χ1) is 9.16. The smallest absolute Gasteiger partial charge is 0.222 e. The van der Waals surface area contributed by atoms with E-state index in [1.54, 1.807) is 4.90 Å². The maximum atomic E-state index is 11.5. The zero-order valence-electron chi connectivity index (χ0n) is 12.4. The second-order valence-corrected chi connectivity index (χ2v) is 7.11. The normalized spacial score (nSPS) is 39.6. The van der Waals surface area contributed by atoms with Crippen molar-refractivity contribution in [2.45, 2.75) is 51.0 Å². The summed E-state index contributed by atoms with van der Waals surface area (Å²) < 4.78 is 0. The molecule has 3 aliphatic carbocycles. The minimum atomic E-state index is 0.255. The third-order valence-corrected chi connectivity index (χ3v) is 5.90. The Balaban J connectivity index is 1.39. The molecule has 1 amide bonds. The molecule has 3 nitrogen and oxygen atoms in total. The fourth-order valence-corrected chi connectivity index (χ4v) is 5.05. The maximum absolute atomic E-state index is 11.5. The molecule has 3 aliphatic rings. The van der Waals surface area contributed by atoms with Gasteiger partial charge in [-0.1, -0.05) is 6.42 Å². The van der Waals surface area contributed by atoms with Crippen LogP contribution in [-0.4, -0.2) is 37.5 Å². The Morgan fingerprint density at radius 1 is 1.16 bits per heavy atom. The minimum absolute atomic E-state index is 0.255. The second-order valence-electron chi connectivity index (χ2n) is 7.11. The summed E-state index contributed by atoms with van der Waals surface area (Å²) in [6, 6.07) is 0.763. The molecule has 3 saturated carbocycles. The summed E-state index contributed by atoms with van der Waals surface area (Å²) in [4.78, 5) is 13.2. The summed E-state index contributed by atoms with van der Waals surface area (Å²) in [7, 11) is 3.68. The van der Waals surface area contributed by atoms with Crippen molar-refractivity contribution in [1.29, 1.82) is 0 Å². The van der Waals surface area contributed by atoms with Gasteiger partial charge in [0.1, 0.15) is 0 Å². The number of amides is 1. The molecule has 0 aromatic rings. The van der Waals surface area contributed by atoms with Crippen LogP contribution in [0.4, 0.5) is 0 Å². The molecule has 108 valence electrons. The molecule has 0 aliphatic heterocycles. The van der Waals surface area contributed by atoms with Gasteiger partial charge in [-0.05, 0) is 62.3 Å². The number of carbonyl (C=O) groups is 1. The highest BCUT2D eigenvalue weighted by Gasteiger charge is 2.53. The molecular formula is C16H28N2O. The number of nitrogens with one attached hydrogen (secondary N) is 1. The summed E-state index contributed by atoms with van der Waals surface area (Å²) >= 11 is 0. The van der Waals surface area contributed by atoms with Crippen LogP contribution in [0.2, 0.25) is 0 Å². The Labute approximate surface area is 117 Å². The van der Waals surface area contributed by atoms with Crippen LogP contribution in [0.25, 0.3) is 0 Å². The van der Waals surface area contributed by atoms with Crippen LogP contribution in [0, 0.1) is 23.7 Å². The maximum Gasteiger partial charge on any atom is 0.222 e. The fourth-order valence-electron chi connectivity index (χ4n) is 5.05. The summed E-state index contributed by atoms with van der Waals surface area (Å²) in [5.41, 5.74) is 0. The quantitative estimate of drug-likeness (QED) is 0.773. The van der Waals surface area contributed by atoms with Gasteiger partial charge in [0.25, 0.3) is 0 Å². The third-order valence-electron chi connectivity index (χ3n) is 5.90. The standard InChI is InChI=1S/C16H28N2O/c1-18(2)16(19)7-4-8-17-15-10-11-9-14(15)13-6-3-5-12(11)13/h11-15,17H,3-10H2,1-2H3/t11-,12+,13-,14+,15-/m1/s1. The minimum Gasteiger partial charge on any atom is -0.349 e. The molecule has 0 unspecified atom stereocenters. The SMILES string of the molecule is CN(C)C(=O)CCCN[C@@H]1C[C@H]2C[C@H]1[C@@H]1CCC[C@@H]21. The Bertz CT molecular complexity index is 342. The van der Waals surface area contributed by atoms with Crippen LogP contribution >= 0.6 is 0 Å². The number of rotatable bonds is 5. The van der Waals surface area contributed by atoms with Crippen LogP contribution in [-0.2, 0) is 4.79 Å². The largest absolute Gasteiger partial charge is 0.349 e. The van der Waals surface area contributed by atoms with Gasteiger partial charge in [0.05, 0.1) is 0 Å². The lowest BCUT2D eigenvalue weighted by molar-refractivity contribution is -0.128. The van der Waals surface area contributed by atoms with Crippen molar-refractivity contribution in [2.75, 3.05) is 20.6 Å². The topological polar surface area (TPSA) is 32.3 Å². The van der Waals surface area contributed by atoms with Gasteiger partial charge in [0.15, 0.2) is 0 Å². The zero-order chi connectivity index (χ0) is 13.4. The predicted octanol–water partition coefficient (Wildman–Crippen LogP) is 2.27.